The summed E-state index contributed by atoms with van der Waals surface area (Å²) in [6.45, 7) is 0.00427. The molecule has 0 aliphatic rings. The second kappa shape index (κ2) is 8.45. The van der Waals surface area contributed by atoms with Crippen LogP contribution in [0.5, 0.6) is 0 Å². The van der Waals surface area contributed by atoms with E-state index >= 15 is 0 Å². The Balaban J connectivity index is 1.46. The van der Waals surface area contributed by atoms with Crippen molar-refractivity contribution in [2.45, 2.75) is 19.4 Å². The second-order valence-corrected chi connectivity index (χ2v) is 6.04. The second-order valence-electron chi connectivity index (χ2n) is 5.60. The van der Waals surface area contributed by atoms with Crippen molar-refractivity contribution in [3.8, 4) is 11.5 Å². The Labute approximate surface area is 155 Å². The molecule has 0 spiro atoms. The largest absolute Gasteiger partial charge is 0.459 e. The highest BCUT2D eigenvalue weighted by atomic mass is 35.5. The number of aromatic nitrogens is 1. The zero-order valence-corrected chi connectivity index (χ0v) is 14.6. The van der Waals surface area contributed by atoms with E-state index in [0.29, 0.717) is 22.2 Å². The third-order valence-corrected chi connectivity index (χ3v) is 3.93. The van der Waals surface area contributed by atoms with Gasteiger partial charge in [-0.05, 0) is 36.4 Å². The van der Waals surface area contributed by atoms with Crippen LogP contribution in [-0.4, -0.2) is 16.7 Å². The third kappa shape index (κ3) is 4.80. The number of carbonyl (C=O) groups excluding carboxylic acids is 2. The average molecular weight is 370 g/mol. The highest BCUT2D eigenvalue weighted by Gasteiger charge is 2.12. The quantitative estimate of drug-likeness (QED) is 0.446. The lowest BCUT2D eigenvalue weighted by Crippen LogP contribution is -2.08. The van der Waals surface area contributed by atoms with E-state index in [9.17, 15) is 9.59 Å². The van der Waals surface area contributed by atoms with Gasteiger partial charge in [-0.1, -0.05) is 29.8 Å². The Kier molecular flexibility index (Phi) is 5.81. The Morgan fingerprint density at radius 3 is 2.46 bits per heavy atom. The lowest BCUT2D eigenvalue weighted by Gasteiger charge is -2.03. The summed E-state index contributed by atoms with van der Waals surface area (Å²) in [5, 5.41) is 0.559. The molecule has 1 aromatic heterocycles. The minimum atomic E-state index is -0.462. The number of ketones is 1. The standard InChI is InChI=1S/C20H16ClNO4/c21-16-8-6-14(7-9-16)18(23)10-11-19(24)25-12-17-13-26-20(22-17)15-4-2-1-3-5-15/h1-9,13H,10-12H2. The van der Waals surface area contributed by atoms with Gasteiger partial charge in [-0.15, -0.1) is 0 Å². The molecule has 2 aromatic carbocycles. The Morgan fingerprint density at radius 2 is 1.73 bits per heavy atom. The average Bonchev–Trinajstić information content (AvgIpc) is 3.15. The minimum absolute atomic E-state index is 0.00427. The first-order chi connectivity index (χ1) is 12.6. The zero-order valence-electron chi connectivity index (χ0n) is 13.9. The van der Waals surface area contributed by atoms with Gasteiger partial charge in [0, 0.05) is 22.6 Å². The number of hydrogen-bond donors (Lipinski definition) is 0. The van der Waals surface area contributed by atoms with Crippen molar-refractivity contribution in [3.05, 3.63) is 77.1 Å². The molecule has 3 rings (SSSR count). The van der Waals surface area contributed by atoms with E-state index in [4.69, 9.17) is 20.8 Å². The van der Waals surface area contributed by atoms with E-state index in [-0.39, 0.29) is 25.2 Å². The number of ether oxygens (including phenoxy) is 1. The van der Waals surface area contributed by atoms with Crippen LogP contribution in [0.25, 0.3) is 11.5 Å². The fourth-order valence-electron chi connectivity index (χ4n) is 2.31. The summed E-state index contributed by atoms with van der Waals surface area (Å²) >= 11 is 5.79. The van der Waals surface area contributed by atoms with E-state index in [2.05, 4.69) is 4.98 Å². The van der Waals surface area contributed by atoms with Gasteiger partial charge < -0.3 is 9.15 Å². The molecule has 5 nitrogen and oxygen atoms in total. The Bertz CT molecular complexity index is 888. The molecule has 0 N–H and O–H groups in total. The molecule has 132 valence electrons. The van der Waals surface area contributed by atoms with Crippen molar-refractivity contribution in [2.24, 2.45) is 0 Å². The van der Waals surface area contributed by atoms with Gasteiger partial charge in [-0.3, -0.25) is 9.59 Å². The molecule has 0 saturated heterocycles. The lowest BCUT2D eigenvalue weighted by molar-refractivity contribution is -0.145. The van der Waals surface area contributed by atoms with E-state index in [1.54, 1.807) is 24.3 Å². The highest BCUT2D eigenvalue weighted by Crippen LogP contribution is 2.18. The van der Waals surface area contributed by atoms with Crippen molar-refractivity contribution >= 4 is 23.4 Å². The van der Waals surface area contributed by atoms with E-state index < -0.39 is 5.97 Å². The van der Waals surface area contributed by atoms with Crippen LogP contribution in [0.3, 0.4) is 0 Å². The van der Waals surface area contributed by atoms with Crippen molar-refractivity contribution in [3.63, 3.8) is 0 Å². The van der Waals surface area contributed by atoms with Crippen LogP contribution < -0.4 is 0 Å². The van der Waals surface area contributed by atoms with E-state index in [1.165, 1.54) is 6.26 Å². The summed E-state index contributed by atoms with van der Waals surface area (Å²) in [5.74, 6) is -0.127. The predicted octanol–water partition coefficient (Wildman–Crippen LogP) is 4.70. The SMILES string of the molecule is O=C(CCC(=O)c1ccc(Cl)cc1)OCc1coc(-c2ccccc2)n1. The molecule has 0 unspecified atom stereocenters. The number of Topliss-reactive ketones (excluding diaryl/α,β-unsaturated/α-hetero) is 1. The normalized spacial score (nSPS) is 10.5. The summed E-state index contributed by atoms with van der Waals surface area (Å²) in [6.07, 6.45) is 1.54. The molecule has 0 saturated carbocycles. The van der Waals surface area contributed by atoms with Crippen molar-refractivity contribution < 1.29 is 18.7 Å². The Hall–Kier alpha value is -2.92. The number of nitrogens with zero attached hydrogens (tertiary/aromatic N) is 1. The third-order valence-electron chi connectivity index (χ3n) is 3.68. The summed E-state index contributed by atoms with van der Waals surface area (Å²) in [6, 6.07) is 16.0. The van der Waals surface area contributed by atoms with Gasteiger partial charge >= 0.3 is 5.97 Å². The van der Waals surface area contributed by atoms with Crippen LogP contribution in [0.1, 0.15) is 28.9 Å². The minimum Gasteiger partial charge on any atom is -0.459 e. The van der Waals surface area contributed by atoms with E-state index in [0.717, 1.165) is 5.56 Å². The fourth-order valence-corrected chi connectivity index (χ4v) is 2.43. The Morgan fingerprint density at radius 1 is 1.00 bits per heavy atom. The van der Waals surface area contributed by atoms with Crippen molar-refractivity contribution in [1.29, 1.82) is 0 Å². The molecule has 0 bridgehead atoms. The maximum Gasteiger partial charge on any atom is 0.306 e. The summed E-state index contributed by atoms with van der Waals surface area (Å²) in [4.78, 5) is 28.1. The molecule has 6 heteroatoms. The number of oxazole rings is 1. The molecule has 0 atom stereocenters. The smallest absolute Gasteiger partial charge is 0.306 e. The van der Waals surface area contributed by atoms with Crippen molar-refractivity contribution in [1.82, 2.24) is 4.98 Å². The van der Waals surface area contributed by atoms with Gasteiger partial charge in [-0.25, -0.2) is 4.98 Å². The van der Waals surface area contributed by atoms with Gasteiger partial charge in [0.25, 0.3) is 0 Å². The highest BCUT2D eigenvalue weighted by molar-refractivity contribution is 6.30. The van der Waals surface area contributed by atoms with Crippen LogP contribution in [0.2, 0.25) is 5.02 Å². The van der Waals surface area contributed by atoms with Crippen LogP contribution >= 0.6 is 11.6 Å². The number of hydrogen-bond acceptors (Lipinski definition) is 5. The number of benzene rings is 2. The molecular formula is C20H16ClNO4. The van der Waals surface area contributed by atoms with Gasteiger partial charge in [0.1, 0.15) is 18.6 Å². The molecular weight excluding hydrogens is 354 g/mol. The van der Waals surface area contributed by atoms with Gasteiger partial charge in [0.15, 0.2) is 5.78 Å². The molecule has 0 aliphatic heterocycles. The predicted molar refractivity (Wildman–Crippen MR) is 96.8 cm³/mol. The molecule has 0 amide bonds. The van der Waals surface area contributed by atoms with Gasteiger partial charge in [0.05, 0.1) is 6.42 Å². The first kappa shape index (κ1) is 17.9. The first-order valence-electron chi connectivity index (χ1n) is 8.06. The van der Waals surface area contributed by atoms with Crippen LogP contribution in [0.15, 0.2) is 65.3 Å². The van der Waals surface area contributed by atoms with Crippen LogP contribution in [0, 0.1) is 0 Å². The number of carbonyl (C=O) groups is 2. The molecule has 0 radical (unpaired) electrons. The zero-order chi connectivity index (χ0) is 18.4. The fraction of sp³-hybridized carbons (Fsp3) is 0.150. The summed E-state index contributed by atoms with van der Waals surface area (Å²) in [5.41, 5.74) is 1.88. The molecule has 3 aromatic rings. The van der Waals surface area contributed by atoms with Crippen LogP contribution in [-0.2, 0) is 16.1 Å². The topological polar surface area (TPSA) is 69.4 Å². The number of halogens is 1. The first-order valence-corrected chi connectivity index (χ1v) is 8.44. The number of esters is 1. The molecule has 0 fully saturated rings. The van der Waals surface area contributed by atoms with Crippen molar-refractivity contribution in [2.75, 3.05) is 0 Å². The van der Waals surface area contributed by atoms with Crippen LogP contribution in [0.4, 0.5) is 0 Å². The maximum atomic E-state index is 12.0. The van der Waals surface area contributed by atoms with Gasteiger partial charge in [0.2, 0.25) is 5.89 Å². The monoisotopic (exact) mass is 369 g/mol. The summed E-state index contributed by atoms with van der Waals surface area (Å²) in [7, 11) is 0. The summed E-state index contributed by atoms with van der Waals surface area (Å²) < 4.78 is 10.5. The molecule has 1 heterocycles. The van der Waals surface area contributed by atoms with E-state index in [1.807, 2.05) is 30.3 Å². The molecule has 0 aliphatic carbocycles. The number of rotatable bonds is 7. The van der Waals surface area contributed by atoms with Gasteiger partial charge in [-0.2, -0.15) is 0 Å². The lowest BCUT2D eigenvalue weighted by atomic mass is 10.1. The molecule has 26 heavy (non-hydrogen) atoms. The maximum absolute atomic E-state index is 12.0.